The van der Waals surface area contributed by atoms with E-state index in [1.54, 1.807) is 28.6 Å². The van der Waals surface area contributed by atoms with Crippen molar-refractivity contribution in [1.82, 2.24) is 9.29 Å². The molecule has 7 nitrogen and oxygen atoms in total. The Kier molecular flexibility index (Phi) is 6.27. The number of nitrogens with zero attached hydrogens (tertiary/aromatic N) is 2. The van der Waals surface area contributed by atoms with Gasteiger partial charge in [0.25, 0.3) is 0 Å². The summed E-state index contributed by atoms with van der Waals surface area (Å²) in [5.41, 5.74) is 1.21. The lowest BCUT2D eigenvalue weighted by atomic mass is 10.0. The van der Waals surface area contributed by atoms with Crippen LogP contribution in [-0.2, 0) is 21.2 Å². The zero-order valence-electron chi connectivity index (χ0n) is 17.5. The number of aromatic nitrogens is 1. The molecule has 164 valence electrons. The van der Waals surface area contributed by atoms with Gasteiger partial charge in [-0.2, -0.15) is 4.31 Å². The molecule has 0 bridgehead atoms. The summed E-state index contributed by atoms with van der Waals surface area (Å²) in [6.07, 6.45) is 2.06. The van der Waals surface area contributed by atoms with Gasteiger partial charge in [0.1, 0.15) is 5.76 Å². The summed E-state index contributed by atoms with van der Waals surface area (Å²) >= 11 is 1.43. The summed E-state index contributed by atoms with van der Waals surface area (Å²) in [6, 6.07) is 10.1. The third-order valence-electron chi connectivity index (χ3n) is 5.24. The molecule has 1 aliphatic heterocycles. The average molecular weight is 460 g/mol. The number of sulfonamides is 1. The highest BCUT2D eigenvalue weighted by Gasteiger charge is 2.28. The first-order chi connectivity index (χ1) is 14.8. The minimum atomic E-state index is -3.51. The van der Waals surface area contributed by atoms with E-state index >= 15 is 0 Å². The van der Waals surface area contributed by atoms with Crippen molar-refractivity contribution in [3.05, 3.63) is 53.2 Å². The fourth-order valence-corrected chi connectivity index (χ4v) is 6.02. The second-order valence-electron chi connectivity index (χ2n) is 7.91. The van der Waals surface area contributed by atoms with Gasteiger partial charge in [0.15, 0.2) is 10.8 Å². The van der Waals surface area contributed by atoms with Crippen molar-refractivity contribution in [2.24, 2.45) is 5.92 Å². The van der Waals surface area contributed by atoms with Crippen LogP contribution in [0.5, 0.6) is 0 Å². The zero-order chi connectivity index (χ0) is 22.0. The maximum Gasteiger partial charge on any atom is 0.243 e. The van der Waals surface area contributed by atoms with Crippen LogP contribution in [0.15, 0.2) is 51.1 Å². The number of benzene rings is 1. The van der Waals surface area contributed by atoms with Crippen molar-refractivity contribution in [3.8, 4) is 10.8 Å². The number of furan rings is 1. The summed E-state index contributed by atoms with van der Waals surface area (Å²) in [4.78, 5) is 17.1. The molecule has 0 saturated carbocycles. The van der Waals surface area contributed by atoms with Gasteiger partial charge in [0.2, 0.25) is 15.9 Å². The van der Waals surface area contributed by atoms with E-state index in [-0.39, 0.29) is 17.2 Å². The van der Waals surface area contributed by atoms with Crippen molar-refractivity contribution in [2.75, 3.05) is 18.4 Å². The van der Waals surface area contributed by atoms with Gasteiger partial charge < -0.3 is 9.73 Å². The molecule has 1 N–H and O–H groups in total. The van der Waals surface area contributed by atoms with Crippen molar-refractivity contribution in [1.29, 1.82) is 0 Å². The fraction of sp³-hybridized carbons (Fsp3) is 0.364. The predicted molar refractivity (Wildman–Crippen MR) is 120 cm³/mol. The first kappa shape index (κ1) is 21.7. The Labute approximate surface area is 186 Å². The lowest BCUT2D eigenvalue weighted by Gasteiger charge is -2.30. The predicted octanol–water partition coefficient (Wildman–Crippen LogP) is 4.31. The molecule has 1 aliphatic rings. The maximum atomic E-state index is 12.9. The normalized spacial score (nSPS) is 17.5. The van der Waals surface area contributed by atoms with Gasteiger partial charge in [-0.1, -0.05) is 6.92 Å². The Balaban J connectivity index is 1.37. The van der Waals surface area contributed by atoms with E-state index in [0.717, 1.165) is 23.6 Å². The third-order valence-corrected chi connectivity index (χ3v) is 8.03. The van der Waals surface area contributed by atoms with Crippen molar-refractivity contribution < 1.29 is 17.6 Å². The highest BCUT2D eigenvalue weighted by molar-refractivity contribution is 7.89. The lowest BCUT2D eigenvalue weighted by Crippen LogP contribution is -2.39. The molecule has 1 aromatic carbocycles. The SMILES string of the molecule is Cc1ccc(-c2nc(CC(=O)Nc3ccc(S(=O)(=O)N4CCCC(C)C4)cc3)cs2)o1. The van der Waals surface area contributed by atoms with Gasteiger partial charge in [-0.15, -0.1) is 11.3 Å². The molecule has 0 spiro atoms. The monoisotopic (exact) mass is 459 g/mol. The first-order valence-electron chi connectivity index (χ1n) is 10.2. The summed E-state index contributed by atoms with van der Waals surface area (Å²) in [7, 11) is -3.51. The Hall–Kier alpha value is -2.49. The van der Waals surface area contributed by atoms with E-state index in [1.165, 1.54) is 11.3 Å². The van der Waals surface area contributed by atoms with Crippen LogP contribution in [0.2, 0.25) is 0 Å². The van der Waals surface area contributed by atoms with Crippen LogP contribution in [-0.4, -0.2) is 36.7 Å². The number of anilines is 1. The number of rotatable bonds is 6. The van der Waals surface area contributed by atoms with Crippen LogP contribution >= 0.6 is 11.3 Å². The first-order valence-corrected chi connectivity index (χ1v) is 12.5. The molecule has 31 heavy (non-hydrogen) atoms. The number of carbonyl (C=O) groups is 1. The highest BCUT2D eigenvalue weighted by Crippen LogP contribution is 2.26. The summed E-state index contributed by atoms with van der Waals surface area (Å²) in [5, 5.41) is 5.37. The van der Waals surface area contributed by atoms with Gasteiger partial charge in [-0.05, 0) is 62.1 Å². The molecule has 1 amide bonds. The Bertz CT molecular complexity index is 1170. The van der Waals surface area contributed by atoms with Crippen LogP contribution in [0.1, 0.15) is 31.2 Å². The maximum absolute atomic E-state index is 12.9. The molecule has 1 fully saturated rings. The van der Waals surface area contributed by atoms with Gasteiger partial charge >= 0.3 is 0 Å². The number of piperidine rings is 1. The minimum absolute atomic E-state index is 0.127. The Morgan fingerprint density at radius 3 is 2.71 bits per heavy atom. The largest absolute Gasteiger partial charge is 0.459 e. The topological polar surface area (TPSA) is 92.5 Å². The molecule has 2 aromatic heterocycles. The van der Waals surface area contributed by atoms with Crippen LogP contribution in [0, 0.1) is 12.8 Å². The van der Waals surface area contributed by atoms with Crippen molar-refractivity contribution in [3.63, 3.8) is 0 Å². The summed E-state index contributed by atoms with van der Waals surface area (Å²) in [6.45, 7) is 5.04. The Morgan fingerprint density at radius 2 is 2.03 bits per heavy atom. The minimum Gasteiger partial charge on any atom is -0.459 e. The second-order valence-corrected chi connectivity index (χ2v) is 10.7. The standard InChI is InChI=1S/C22H25N3O4S2/c1-15-4-3-11-25(13-15)31(27,28)19-8-6-17(7-9-19)23-21(26)12-18-14-30-22(24-18)20-10-5-16(2)29-20/h5-10,14-15H,3-4,11-13H2,1-2H3,(H,23,26). The van der Waals surface area contributed by atoms with Crippen LogP contribution in [0.25, 0.3) is 10.8 Å². The van der Waals surface area contributed by atoms with E-state index < -0.39 is 10.0 Å². The van der Waals surface area contributed by atoms with E-state index in [0.29, 0.717) is 36.1 Å². The number of aryl methyl sites for hydroxylation is 1. The van der Waals surface area contributed by atoms with Gasteiger partial charge in [0.05, 0.1) is 17.0 Å². The van der Waals surface area contributed by atoms with Crippen LogP contribution in [0.4, 0.5) is 5.69 Å². The molecule has 9 heteroatoms. The molecule has 4 rings (SSSR count). The average Bonchev–Trinajstić information content (AvgIpc) is 3.37. The molecule has 1 unspecified atom stereocenters. The smallest absolute Gasteiger partial charge is 0.243 e. The van der Waals surface area contributed by atoms with E-state index in [9.17, 15) is 13.2 Å². The number of thiazole rings is 1. The van der Waals surface area contributed by atoms with Gasteiger partial charge in [0, 0.05) is 24.2 Å². The molecule has 0 radical (unpaired) electrons. The molecule has 1 atom stereocenters. The number of hydrogen-bond acceptors (Lipinski definition) is 6. The molecule has 3 aromatic rings. The Morgan fingerprint density at radius 1 is 1.26 bits per heavy atom. The van der Waals surface area contributed by atoms with Crippen LogP contribution < -0.4 is 5.32 Å². The summed E-state index contributed by atoms with van der Waals surface area (Å²) < 4.78 is 32.8. The number of amides is 1. The number of hydrogen-bond donors (Lipinski definition) is 1. The van der Waals surface area contributed by atoms with Crippen molar-refractivity contribution in [2.45, 2.75) is 38.0 Å². The van der Waals surface area contributed by atoms with Crippen LogP contribution in [0.3, 0.4) is 0 Å². The third kappa shape index (κ3) is 5.06. The van der Waals surface area contributed by atoms with E-state index in [2.05, 4.69) is 17.2 Å². The quantitative estimate of drug-likeness (QED) is 0.593. The van der Waals surface area contributed by atoms with Crippen molar-refractivity contribution >= 4 is 33.0 Å². The number of carbonyl (C=O) groups excluding carboxylic acids is 1. The van der Waals surface area contributed by atoms with E-state index in [4.69, 9.17) is 4.42 Å². The zero-order valence-corrected chi connectivity index (χ0v) is 19.1. The molecule has 3 heterocycles. The van der Waals surface area contributed by atoms with E-state index in [1.807, 2.05) is 24.4 Å². The fourth-order valence-electron chi connectivity index (χ4n) is 3.64. The molecule has 0 aliphatic carbocycles. The van der Waals surface area contributed by atoms with Gasteiger partial charge in [-0.25, -0.2) is 13.4 Å². The molecule has 1 saturated heterocycles. The second kappa shape index (κ2) is 8.94. The lowest BCUT2D eigenvalue weighted by molar-refractivity contribution is -0.115. The number of nitrogens with one attached hydrogen (secondary N) is 1. The molecular formula is C22H25N3O4S2. The summed E-state index contributed by atoms with van der Waals surface area (Å²) in [5.74, 6) is 1.65. The highest BCUT2D eigenvalue weighted by atomic mass is 32.2. The van der Waals surface area contributed by atoms with Gasteiger partial charge in [-0.3, -0.25) is 4.79 Å². The molecular weight excluding hydrogens is 434 g/mol.